The third-order valence-corrected chi connectivity index (χ3v) is 8.81. The Bertz CT molecular complexity index is 1170. The van der Waals surface area contributed by atoms with E-state index < -0.39 is 0 Å². The predicted molar refractivity (Wildman–Crippen MR) is 150 cm³/mol. The number of amides is 2. The van der Waals surface area contributed by atoms with Gasteiger partial charge in [0.1, 0.15) is 12.3 Å². The molecule has 1 aliphatic heterocycles. The molecule has 0 aromatic heterocycles. The van der Waals surface area contributed by atoms with Crippen LogP contribution in [0.2, 0.25) is 0 Å². The molecule has 9 heteroatoms. The van der Waals surface area contributed by atoms with Gasteiger partial charge in [-0.2, -0.15) is 0 Å². The van der Waals surface area contributed by atoms with E-state index in [9.17, 15) is 9.59 Å². The van der Waals surface area contributed by atoms with Crippen LogP contribution in [0, 0.1) is 0 Å². The van der Waals surface area contributed by atoms with Gasteiger partial charge in [0.25, 0.3) is 5.91 Å². The normalized spacial score (nSPS) is 20.4. The van der Waals surface area contributed by atoms with Crippen molar-refractivity contribution in [2.24, 2.45) is 0 Å². The fourth-order valence-electron chi connectivity index (χ4n) is 4.88. The largest absolute Gasteiger partial charge is 0.496 e. The van der Waals surface area contributed by atoms with Crippen LogP contribution in [0.5, 0.6) is 17.2 Å². The third-order valence-electron chi connectivity index (χ3n) is 6.79. The molecule has 1 aliphatic carbocycles. The van der Waals surface area contributed by atoms with Gasteiger partial charge in [-0.1, -0.05) is 25.0 Å². The molecule has 2 fully saturated rings. The van der Waals surface area contributed by atoms with Gasteiger partial charge in [0.05, 0.1) is 30.7 Å². The van der Waals surface area contributed by atoms with Crippen molar-refractivity contribution >= 4 is 45.6 Å². The zero-order chi connectivity index (χ0) is 26.4. The van der Waals surface area contributed by atoms with Crippen LogP contribution in [-0.2, 0) is 16.0 Å². The van der Waals surface area contributed by atoms with Crippen LogP contribution in [0.1, 0.15) is 36.8 Å². The quantitative estimate of drug-likeness (QED) is 0.412. The number of halogens is 1. The lowest BCUT2D eigenvalue weighted by Gasteiger charge is -2.43. The minimum Gasteiger partial charge on any atom is -0.496 e. The number of thioether (sulfide) groups is 1. The number of fused-ring (bicyclic) bond motifs is 1. The number of benzene rings is 2. The number of rotatable bonds is 9. The van der Waals surface area contributed by atoms with E-state index in [-0.39, 0.29) is 24.4 Å². The molecule has 198 valence electrons. The predicted octanol–water partition coefficient (Wildman–Crippen LogP) is 5.06. The first-order valence-corrected chi connectivity index (χ1v) is 14.1. The molecule has 37 heavy (non-hydrogen) atoms. The van der Waals surface area contributed by atoms with Crippen LogP contribution >= 0.6 is 27.7 Å². The summed E-state index contributed by atoms with van der Waals surface area (Å²) in [5.74, 6) is 1.86. The van der Waals surface area contributed by atoms with Crippen molar-refractivity contribution in [2.75, 3.05) is 34.4 Å². The molecule has 0 spiro atoms. The number of methoxy groups -OCH3 is 3. The Hall–Kier alpha value is -2.65. The molecule has 1 saturated heterocycles. The van der Waals surface area contributed by atoms with E-state index in [2.05, 4.69) is 21.2 Å². The van der Waals surface area contributed by atoms with E-state index in [1.165, 1.54) is 0 Å². The first-order chi connectivity index (χ1) is 17.9. The summed E-state index contributed by atoms with van der Waals surface area (Å²) >= 11 is 5.18. The molecule has 1 N–H and O–H groups in total. The highest BCUT2D eigenvalue weighted by molar-refractivity contribution is 9.10. The Labute approximate surface area is 231 Å². The molecule has 4 rings (SSSR count). The topological polar surface area (TPSA) is 77.1 Å². The lowest BCUT2D eigenvalue weighted by molar-refractivity contribution is -0.135. The summed E-state index contributed by atoms with van der Waals surface area (Å²) in [4.78, 5) is 28.9. The highest BCUT2D eigenvalue weighted by atomic mass is 79.9. The first-order valence-electron chi connectivity index (χ1n) is 12.4. The molecule has 2 unspecified atom stereocenters. The van der Waals surface area contributed by atoms with Crippen LogP contribution in [-0.4, -0.2) is 62.4 Å². The van der Waals surface area contributed by atoms with E-state index in [0.29, 0.717) is 34.6 Å². The molecule has 2 aliphatic rings. The van der Waals surface area contributed by atoms with Crippen LogP contribution < -0.4 is 19.5 Å². The van der Waals surface area contributed by atoms with Crippen molar-refractivity contribution < 1.29 is 23.8 Å². The summed E-state index contributed by atoms with van der Waals surface area (Å²) in [6.45, 7) is 0.540. The van der Waals surface area contributed by atoms with Crippen molar-refractivity contribution in [1.29, 1.82) is 0 Å². The highest BCUT2D eigenvalue weighted by Crippen LogP contribution is 2.42. The average Bonchev–Trinajstić information content (AvgIpc) is 2.91. The maximum absolute atomic E-state index is 13.5. The zero-order valence-electron chi connectivity index (χ0n) is 21.4. The minimum absolute atomic E-state index is 0.0656. The number of nitrogens with zero attached hydrogens (tertiary/aromatic N) is 1. The zero-order valence-corrected chi connectivity index (χ0v) is 23.8. The van der Waals surface area contributed by atoms with E-state index >= 15 is 0 Å². The molecule has 0 radical (unpaired) electrons. The lowest BCUT2D eigenvalue weighted by Crippen LogP contribution is -2.54. The Kier molecular flexibility index (Phi) is 9.43. The Morgan fingerprint density at radius 1 is 1.05 bits per heavy atom. The Balaban J connectivity index is 1.42. The second kappa shape index (κ2) is 12.7. The maximum atomic E-state index is 13.5. The summed E-state index contributed by atoms with van der Waals surface area (Å²) in [6, 6.07) is 11.6. The van der Waals surface area contributed by atoms with Crippen molar-refractivity contribution in [3.8, 4) is 17.2 Å². The van der Waals surface area contributed by atoms with Crippen molar-refractivity contribution in [2.45, 2.75) is 43.4 Å². The summed E-state index contributed by atoms with van der Waals surface area (Å²) in [6.07, 6.45) is 6.78. The lowest BCUT2D eigenvalue weighted by atomic mass is 9.93. The van der Waals surface area contributed by atoms with Gasteiger partial charge in [0.15, 0.2) is 11.5 Å². The molecule has 0 bridgehead atoms. The van der Waals surface area contributed by atoms with Crippen LogP contribution in [0.25, 0.3) is 6.08 Å². The summed E-state index contributed by atoms with van der Waals surface area (Å²) in [5.41, 5.74) is 1.95. The third kappa shape index (κ3) is 6.62. The average molecular weight is 590 g/mol. The van der Waals surface area contributed by atoms with Gasteiger partial charge in [-0.15, -0.1) is 11.8 Å². The SMILES string of the molecule is COc1ccc(/C=C2/SC3CCCCC3N(CC(=O)NCCc3ccc(OC)c(OC)c3)C2=O)cc1Br. The number of nitrogens with one attached hydrogen (secondary N) is 1. The number of carbonyl (C=O) groups excluding carboxylic acids is 2. The number of ether oxygens (including phenoxy) is 3. The van der Waals surface area contributed by atoms with Gasteiger partial charge < -0.3 is 24.4 Å². The molecule has 2 aromatic carbocycles. The van der Waals surface area contributed by atoms with E-state index in [0.717, 1.165) is 47.0 Å². The van der Waals surface area contributed by atoms with Crippen LogP contribution in [0.3, 0.4) is 0 Å². The summed E-state index contributed by atoms with van der Waals surface area (Å²) in [7, 11) is 4.83. The molecule has 2 atom stereocenters. The van der Waals surface area contributed by atoms with E-state index in [1.807, 2.05) is 42.5 Å². The van der Waals surface area contributed by atoms with Crippen molar-refractivity contribution in [1.82, 2.24) is 10.2 Å². The molecule has 1 heterocycles. The summed E-state index contributed by atoms with van der Waals surface area (Å²) in [5, 5.41) is 3.30. The molecule has 2 aromatic rings. The van der Waals surface area contributed by atoms with Gasteiger partial charge in [0, 0.05) is 17.8 Å². The number of hydrogen-bond donors (Lipinski definition) is 1. The van der Waals surface area contributed by atoms with Crippen LogP contribution in [0.4, 0.5) is 0 Å². The standard InChI is InChI=1S/C28H33BrN2O5S/c1-34-22-10-9-19(14-20(22)29)16-26-28(33)31(21-6-4-5-7-25(21)37-26)17-27(32)30-13-12-18-8-11-23(35-2)24(15-18)36-3/h8-11,14-16,21,25H,4-7,12-13,17H2,1-3H3,(H,30,32)/b26-16+. The second-order valence-corrected chi connectivity index (χ2v) is 11.3. The Morgan fingerprint density at radius 2 is 1.78 bits per heavy atom. The van der Waals surface area contributed by atoms with Gasteiger partial charge in [-0.25, -0.2) is 0 Å². The van der Waals surface area contributed by atoms with Crippen molar-refractivity contribution in [3.63, 3.8) is 0 Å². The number of hydrogen-bond acceptors (Lipinski definition) is 6. The smallest absolute Gasteiger partial charge is 0.261 e. The van der Waals surface area contributed by atoms with E-state index in [1.54, 1.807) is 38.0 Å². The first kappa shape index (κ1) is 27.4. The van der Waals surface area contributed by atoms with Crippen LogP contribution in [0.15, 0.2) is 45.8 Å². The second-order valence-electron chi connectivity index (χ2n) is 9.13. The maximum Gasteiger partial charge on any atom is 0.261 e. The molecule has 2 amide bonds. The molecular formula is C28H33BrN2O5S. The highest BCUT2D eigenvalue weighted by Gasteiger charge is 2.41. The molecular weight excluding hydrogens is 556 g/mol. The van der Waals surface area contributed by atoms with Gasteiger partial charge in [-0.3, -0.25) is 9.59 Å². The monoisotopic (exact) mass is 588 g/mol. The molecule has 1 saturated carbocycles. The van der Waals surface area contributed by atoms with Gasteiger partial charge in [-0.05, 0) is 76.7 Å². The minimum atomic E-state index is -0.142. The fraction of sp³-hybridized carbons (Fsp3) is 0.429. The Morgan fingerprint density at radius 3 is 2.51 bits per heavy atom. The fourth-order valence-corrected chi connectivity index (χ4v) is 6.91. The van der Waals surface area contributed by atoms with E-state index in [4.69, 9.17) is 14.2 Å². The van der Waals surface area contributed by atoms with Gasteiger partial charge in [0.2, 0.25) is 5.91 Å². The number of carbonyl (C=O) groups is 2. The van der Waals surface area contributed by atoms with Gasteiger partial charge >= 0.3 is 0 Å². The van der Waals surface area contributed by atoms with Crippen molar-refractivity contribution in [3.05, 3.63) is 56.9 Å². The molecule has 7 nitrogen and oxygen atoms in total. The summed E-state index contributed by atoms with van der Waals surface area (Å²) < 4.78 is 16.8.